The molecule has 8 heteroatoms. The first-order valence-corrected chi connectivity index (χ1v) is 11.4. The van der Waals surface area contributed by atoms with Crippen LogP contribution in [0.3, 0.4) is 0 Å². The quantitative estimate of drug-likeness (QED) is 0.214. The number of nitro groups is 1. The van der Waals surface area contributed by atoms with Crippen LogP contribution in [0.25, 0.3) is 0 Å². The number of fused-ring (bicyclic) bond motifs is 1. The van der Waals surface area contributed by atoms with Crippen molar-refractivity contribution in [1.82, 2.24) is 0 Å². The molecule has 0 radical (unpaired) electrons. The largest absolute Gasteiger partial charge is 0.433 e. The fourth-order valence-corrected chi connectivity index (χ4v) is 5.41. The Hall–Kier alpha value is -2.94. The summed E-state index contributed by atoms with van der Waals surface area (Å²) in [6.07, 6.45) is -0.769. The number of furan rings is 1. The van der Waals surface area contributed by atoms with Gasteiger partial charge >= 0.3 is 5.88 Å². The second kappa shape index (κ2) is 8.20. The molecule has 6 nitrogen and oxygen atoms in total. The molecule has 0 fully saturated rings. The summed E-state index contributed by atoms with van der Waals surface area (Å²) in [4.78, 5) is 10.6. The normalized spacial score (nSPS) is 16.8. The number of nitrogens with one attached hydrogen (secondary N) is 1. The maximum atomic E-state index is 11.2. The molecule has 0 bridgehead atoms. The minimum Gasteiger partial charge on any atom is -0.401 e. The Labute approximate surface area is 200 Å². The third kappa shape index (κ3) is 3.44. The molecule has 0 aliphatic carbocycles. The molecular formula is C24H16Br2N2O4. The lowest BCUT2D eigenvalue weighted by Crippen LogP contribution is -2.41. The van der Waals surface area contributed by atoms with Crippen LogP contribution >= 0.6 is 31.9 Å². The Kier molecular flexibility index (Phi) is 5.36. The average molecular weight is 556 g/mol. The molecule has 32 heavy (non-hydrogen) atoms. The van der Waals surface area contributed by atoms with Gasteiger partial charge in [-0.1, -0.05) is 76.6 Å². The summed E-state index contributed by atoms with van der Waals surface area (Å²) in [5.74, 6) is -0.0236. The second-order valence-electron chi connectivity index (χ2n) is 7.30. The highest BCUT2D eigenvalue weighted by molar-refractivity contribution is 9.11. The molecular weight excluding hydrogens is 540 g/mol. The molecule has 1 aromatic heterocycles. The molecule has 0 amide bonds. The molecule has 0 spiro atoms. The van der Waals surface area contributed by atoms with E-state index in [1.165, 1.54) is 6.07 Å². The summed E-state index contributed by atoms with van der Waals surface area (Å²) in [7, 11) is 0. The van der Waals surface area contributed by atoms with Gasteiger partial charge in [0.2, 0.25) is 0 Å². The number of hydrogen-bond donors (Lipinski definition) is 1. The number of hydrogen-bond acceptors (Lipinski definition) is 5. The van der Waals surface area contributed by atoms with E-state index in [4.69, 9.17) is 9.15 Å². The lowest BCUT2D eigenvalue weighted by atomic mass is 9.78. The van der Waals surface area contributed by atoms with E-state index in [-0.39, 0.29) is 5.88 Å². The van der Waals surface area contributed by atoms with Crippen LogP contribution in [-0.4, -0.2) is 4.92 Å². The Balaban J connectivity index is 1.80. The third-order valence-electron chi connectivity index (χ3n) is 5.42. The first-order valence-electron chi connectivity index (χ1n) is 9.78. The predicted octanol–water partition coefficient (Wildman–Crippen LogP) is 7.15. The van der Waals surface area contributed by atoms with Gasteiger partial charge in [0.15, 0.2) is 12.0 Å². The smallest absolute Gasteiger partial charge is 0.401 e. The maximum absolute atomic E-state index is 11.2. The number of rotatable bonds is 4. The molecule has 3 aromatic carbocycles. The zero-order chi connectivity index (χ0) is 22.3. The summed E-state index contributed by atoms with van der Waals surface area (Å²) in [5.41, 5.74) is 2.56. The molecule has 1 atom stereocenters. The number of ether oxygens (including phenoxy) is 1. The first-order chi connectivity index (χ1) is 15.5. The van der Waals surface area contributed by atoms with E-state index in [0.717, 1.165) is 31.3 Å². The summed E-state index contributed by atoms with van der Waals surface area (Å²) in [5, 5.41) is 14.5. The van der Waals surface area contributed by atoms with Crippen molar-refractivity contribution in [2.45, 2.75) is 11.8 Å². The van der Waals surface area contributed by atoms with Crippen LogP contribution in [0.5, 0.6) is 0 Å². The van der Waals surface area contributed by atoms with Gasteiger partial charge in [0.05, 0.1) is 11.8 Å². The Morgan fingerprint density at radius 3 is 2.09 bits per heavy atom. The molecule has 1 aliphatic rings. The van der Waals surface area contributed by atoms with Crippen LogP contribution in [0.1, 0.15) is 28.7 Å². The molecule has 1 N–H and O–H groups in total. The molecule has 0 saturated heterocycles. The van der Waals surface area contributed by atoms with Crippen molar-refractivity contribution in [3.8, 4) is 0 Å². The molecule has 2 heterocycles. The van der Waals surface area contributed by atoms with Gasteiger partial charge in [0.25, 0.3) is 0 Å². The minimum absolute atomic E-state index is 0.313. The molecule has 4 aromatic rings. The predicted molar refractivity (Wildman–Crippen MR) is 127 cm³/mol. The van der Waals surface area contributed by atoms with Gasteiger partial charge in [-0.25, -0.2) is 0 Å². The topological polar surface area (TPSA) is 77.5 Å². The number of benzene rings is 3. The summed E-state index contributed by atoms with van der Waals surface area (Å²) >= 11 is 7.28. The molecule has 1 unspecified atom stereocenters. The summed E-state index contributed by atoms with van der Waals surface area (Å²) < 4.78 is 14.0. The average Bonchev–Trinajstić information content (AvgIpc) is 3.31. The van der Waals surface area contributed by atoms with Crippen molar-refractivity contribution in [3.05, 3.63) is 126 Å². The van der Waals surface area contributed by atoms with Gasteiger partial charge in [-0.3, -0.25) is 10.1 Å². The van der Waals surface area contributed by atoms with Crippen molar-refractivity contribution >= 4 is 43.4 Å². The Morgan fingerprint density at radius 2 is 1.53 bits per heavy atom. The van der Waals surface area contributed by atoms with Crippen molar-refractivity contribution in [1.29, 1.82) is 0 Å². The minimum atomic E-state index is -0.998. The standard InChI is InChI=1S/C24H16Br2N2O4/c25-17-13-18-22(19(26)14-17)27-23(20-11-12-21(31-20)28(29)30)32-24(18,15-7-3-1-4-8-15)16-9-5-2-6-10-16/h1-14,23,27H. The molecule has 0 saturated carbocycles. The third-order valence-corrected chi connectivity index (χ3v) is 6.50. The Morgan fingerprint density at radius 1 is 0.906 bits per heavy atom. The highest BCUT2D eigenvalue weighted by atomic mass is 79.9. The fourth-order valence-electron chi connectivity index (χ4n) is 4.07. The van der Waals surface area contributed by atoms with Crippen LogP contribution < -0.4 is 5.32 Å². The van der Waals surface area contributed by atoms with Gasteiger partial charge in [-0.2, -0.15) is 0 Å². The van der Waals surface area contributed by atoms with E-state index in [2.05, 4.69) is 37.2 Å². The van der Waals surface area contributed by atoms with Gasteiger partial charge in [-0.05, 0) is 45.3 Å². The van der Waals surface area contributed by atoms with Gasteiger partial charge in [0, 0.05) is 14.5 Å². The second-order valence-corrected chi connectivity index (χ2v) is 9.07. The van der Waals surface area contributed by atoms with Crippen molar-refractivity contribution < 1.29 is 14.1 Å². The van der Waals surface area contributed by atoms with Crippen molar-refractivity contribution in [2.24, 2.45) is 0 Å². The lowest BCUT2D eigenvalue weighted by molar-refractivity contribution is -0.402. The summed E-state index contributed by atoms with van der Waals surface area (Å²) in [6, 6.07) is 26.7. The van der Waals surface area contributed by atoms with Crippen molar-refractivity contribution in [3.63, 3.8) is 0 Å². The Bertz CT molecular complexity index is 1250. The van der Waals surface area contributed by atoms with E-state index in [1.54, 1.807) is 6.07 Å². The van der Waals surface area contributed by atoms with E-state index in [0.29, 0.717) is 5.76 Å². The van der Waals surface area contributed by atoms with Crippen LogP contribution in [-0.2, 0) is 10.3 Å². The van der Waals surface area contributed by atoms with Crippen LogP contribution in [0.15, 0.2) is 98.3 Å². The van der Waals surface area contributed by atoms with Crippen LogP contribution in [0.2, 0.25) is 0 Å². The SMILES string of the molecule is O=[N+]([O-])c1ccc(C2Nc3c(Br)cc(Br)cc3C(c3ccccc3)(c3ccccc3)O2)o1. The maximum Gasteiger partial charge on any atom is 0.433 e. The summed E-state index contributed by atoms with van der Waals surface area (Å²) in [6.45, 7) is 0. The number of halogens is 2. The highest BCUT2D eigenvalue weighted by Crippen LogP contribution is 2.52. The van der Waals surface area contributed by atoms with Gasteiger partial charge in [-0.15, -0.1) is 0 Å². The zero-order valence-corrected chi connectivity index (χ0v) is 19.7. The lowest BCUT2D eigenvalue weighted by Gasteiger charge is -2.44. The molecule has 5 rings (SSSR count). The van der Waals surface area contributed by atoms with E-state index < -0.39 is 16.8 Å². The van der Waals surface area contributed by atoms with E-state index in [9.17, 15) is 10.1 Å². The molecule has 1 aliphatic heterocycles. The monoisotopic (exact) mass is 554 g/mol. The van der Waals surface area contributed by atoms with Gasteiger partial charge in [0.1, 0.15) is 10.5 Å². The van der Waals surface area contributed by atoms with Crippen LogP contribution in [0, 0.1) is 10.1 Å². The van der Waals surface area contributed by atoms with E-state index >= 15 is 0 Å². The van der Waals surface area contributed by atoms with Crippen molar-refractivity contribution in [2.75, 3.05) is 5.32 Å². The molecule has 160 valence electrons. The van der Waals surface area contributed by atoms with Gasteiger partial charge < -0.3 is 14.5 Å². The van der Waals surface area contributed by atoms with E-state index in [1.807, 2.05) is 72.8 Å². The zero-order valence-electron chi connectivity index (χ0n) is 16.5. The number of anilines is 1. The first kappa shape index (κ1) is 20.9. The highest BCUT2D eigenvalue weighted by Gasteiger charge is 2.46. The fraction of sp³-hybridized carbons (Fsp3) is 0.0833. The number of nitrogens with zero attached hydrogens (tertiary/aromatic N) is 1. The van der Waals surface area contributed by atoms with Crippen LogP contribution in [0.4, 0.5) is 11.6 Å².